The zero-order valence-electron chi connectivity index (χ0n) is 10.1. The van der Waals surface area contributed by atoms with Crippen molar-refractivity contribution in [1.82, 2.24) is 5.32 Å². The molecular formula is C13H18BrNOS. The van der Waals surface area contributed by atoms with E-state index in [4.69, 9.17) is 4.74 Å². The van der Waals surface area contributed by atoms with Crippen LogP contribution in [-0.4, -0.2) is 24.7 Å². The molecule has 0 amide bonds. The van der Waals surface area contributed by atoms with Gasteiger partial charge >= 0.3 is 0 Å². The largest absolute Gasteiger partial charge is 0.493 e. The summed E-state index contributed by atoms with van der Waals surface area (Å²) in [4.78, 5) is 0. The third kappa shape index (κ3) is 3.63. The first-order valence-corrected chi connectivity index (χ1v) is 7.98. The molecule has 1 heterocycles. The van der Waals surface area contributed by atoms with E-state index in [9.17, 15) is 0 Å². The van der Waals surface area contributed by atoms with E-state index in [0.29, 0.717) is 0 Å². The van der Waals surface area contributed by atoms with Crippen LogP contribution in [0.5, 0.6) is 5.75 Å². The molecule has 0 saturated heterocycles. The molecule has 1 aromatic rings. The van der Waals surface area contributed by atoms with Crippen LogP contribution < -0.4 is 10.1 Å². The summed E-state index contributed by atoms with van der Waals surface area (Å²) in [5, 5.41) is 3.47. The number of rotatable bonds is 6. The lowest BCUT2D eigenvalue weighted by Gasteiger charge is -2.10. The van der Waals surface area contributed by atoms with E-state index >= 15 is 0 Å². The van der Waals surface area contributed by atoms with E-state index in [1.54, 1.807) is 0 Å². The van der Waals surface area contributed by atoms with Gasteiger partial charge in [-0.3, -0.25) is 0 Å². The average molecular weight is 316 g/mol. The Kier molecular flexibility index (Phi) is 5.19. The lowest BCUT2D eigenvalue weighted by atomic mass is 10.1. The highest BCUT2D eigenvalue weighted by Crippen LogP contribution is 2.32. The van der Waals surface area contributed by atoms with Crippen molar-refractivity contribution in [2.24, 2.45) is 0 Å². The standard InChI is InChI=1S/C13H18BrNOS/c1-2-17-6-4-15-9-11-8-12(14)7-10-3-5-16-13(10)11/h7-8,15H,2-6,9H2,1H3. The van der Waals surface area contributed by atoms with Gasteiger partial charge in [-0.1, -0.05) is 22.9 Å². The maximum Gasteiger partial charge on any atom is 0.127 e. The molecule has 0 bridgehead atoms. The Bertz CT molecular complexity index is 384. The Labute approximate surface area is 116 Å². The molecule has 17 heavy (non-hydrogen) atoms. The van der Waals surface area contributed by atoms with E-state index in [1.165, 1.54) is 22.6 Å². The van der Waals surface area contributed by atoms with E-state index in [2.05, 4.69) is 40.3 Å². The topological polar surface area (TPSA) is 21.3 Å². The summed E-state index contributed by atoms with van der Waals surface area (Å²) in [5.41, 5.74) is 2.60. The minimum atomic E-state index is 0.824. The molecule has 0 saturated carbocycles. The van der Waals surface area contributed by atoms with Crippen LogP contribution in [0.1, 0.15) is 18.1 Å². The Morgan fingerprint density at radius 1 is 1.47 bits per heavy atom. The van der Waals surface area contributed by atoms with Gasteiger partial charge in [0.1, 0.15) is 5.75 Å². The maximum absolute atomic E-state index is 5.70. The normalized spacial score (nSPS) is 13.5. The highest BCUT2D eigenvalue weighted by atomic mass is 79.9. The SMILES string of the molecule is CCSCCNCc1cc(Br)cc2c1OCC2. The fourth-order valence-electron chi connectivity index (χ4n) is 1.99. The van der Waals surface area contributed by atoms with Crippen molar-refractivity contribution in [3.8, 4) is 5.75 Å². The van der Waals surface area contributed by atoms with Gasteiger partial charge in [-0.2, -0.15) is 11.8 Å². The fourth-order valence-corrected chi connectivity index (χ4v) is 3.12. The number of thioether (sulfide) groups is 1. The summed E-state index contributed by atoms with van der Waals surface area (Å²) in [5.74, 6) is 3.47. The van der Waals surface area contributed by atoms with Crippen molar-refractivity contribution >= 4 is 27.7 Å². The summed E-state index contributed by atoms with van der Waals surface area (Å²) < 4.78 is 6.85. The van der Waals surface area contributed by atoms with Crippen molar-refractivity contribution in [2.45, 2.75) is 19.9 Å². The van der Waals surface area contributed by atoms with Gasteiger partial charge in [0, 0.05) is 35.3 Å². The molecule has 0 unspecified atom stereocenters. The van der Waals surface area contributed by atoms with Crippen LogP contribution in [0.4, 0.5) is 0 Å². The zero-order chi connectivity index (χ0) is 12.1. The van der Waals surface area contributed by atoms with Gasteiger partial charge in [-0.25, -0.2) is 0 Å². The van der Waals surface area contributed by atoms with Crippen LogP contribution >= 0.6 is 27.7 Å². The van der Waals surface area contributed by atoms with Crippen molar-refractivity contribution < 1.29 is 4.74 Å². The van der Waals surface area contributed by atoms with Gasteiger partial charge in [-0.05, 0) is 23.4 Å². The highest BCUT2D eigenvalue weighted by Gasteiger charge is 2.16. The monoisotopic (exact) mass is 315 g/mol. The fraction of sp³-hybridized carbons (Fsp3) is 0.538. The van der Waals surface area contributed by atoms with Crippen LogP contribution in [0.25, 0.3) is 0 Å². The lowest BCUT2D eigenvalue weighted by molar-refractivity contribution is 0.352. The van der Waals surface area contributed by atoms with E-state index in [1.807, 2.05) is 11.8 Å². The number of benzene rings is 1. The van der Waals surface area contributed by atoms with Crippen molar-refractivity contribution in [2.75, 3.05) is 24.7 Å². The molecular weight excluding hydrogens is 298 g/mol. The number of nitrogens with one attached hydrogen (secondary N) is 1. The molecule has 1 aliphatic heterocycles. The Balaban J connectivity index is 1.92. The smallest absolute Gasteiger partial charge is 0.127 e. The number of ether oxygens (including phenoxy) is 1. The third-order valence-corrected chi connectivity index (χ3v) is 4.13. The number of hydrogen-bond acceptors (Lipinski definition) is 3. The first kappa shape index (κ1) is 13.2. The molecule has 1 N–H and O–H groups in total. The molecule has 1 aliphatic rings. The van der Waals surface area contributed by atoms with Crippen molar-refractivity contribution in [3.63, 3.8) is 0 Å². The van der Waals surface area contributed by atoms with Crippen molar-refractivity contribution in [3.05, 3.63) is 27.7 Å². The molecule has 0 aromatic heterocycles. The van der Waals surface area contributed by atoms with E-state index < -0.39 is 0 Å². The van der Waals surface area contributed by atoms with Crippen LogP contribution in [0.15, 0.2) is 16.6 Å². The van der Waals surface area contributed by atoms with Crippen LogP contribution in [0.2, 0.25) is 0 Å². The Hall–Kier alpha value is -0.190. The predicted octanol–water partition coefficient (Wildman–Crippen LogP) is 3.23. The summed E-state index contributed by atoms with van der Waals surface area (Å²) in [6.07, 6.45) is 1.04. The molecule has 4 heteroatoms. The first-order chi connectivity index (χ1) is 8.31. The summed E-state index contributed by atoms with van der Waals surface area (Å²) in [7, 11) is 0. The average Bonchev–Trinajstić information content (AvgIpc) is 2.76. The predicted molar refractivity (Wildman–Crippen MR) is 78.0 cm³/mol. The van der Waals surface area contributed by atoms with Crippen molar-refractivity contribution in [1.29, 1.82) is 0 Å². The molecule has 0 atom stereocenters. The van der Waals surface area contributed by atoms with E-state index in [-0.39, 0.29) is 0 Å². The highest BCUT2D eigenvalue weighted by molar-refractivity contribution is 9.10. The summed E-state index contributed by atoms with van der Waals surface area (Å²) in [6, 6.07) is 4.32. The van der Waals surface area contributed by atoms with Gasteiger partial charge in [0.15, 0.2) is 0 Å². The second-order valence-electron chi connectivity index (χ2n) is 4.03. The van der Waals surface area contributed by atoms with Crippen LogP contribution in [-0.2, 0) is 13.0 Å². The van der Waals surface area contributed by atoms with Crippen LogP contribution in [0.3, 0.4) is 0 Å². The summed E-state index contributed by atoms with van der Waals surface area (Å²) in [6.45, 7) is 4.97. The van der Waals surface area contributed by atoms with Gasteiger partial charge in [0.25, 0.3) is 0 Å². The molecule has 0 aliphatic carbocycles. The number of halogens is 1. The first-order valence-electron chi connectivity index (χ1n) is 6.04. The minimum absolute atomic E-state index is 0.824. The number of fused-ring (bicyclic) bond motifs is 1. The molecule has 2 rings (SSSR count). The zero-order valence-corrected chi connectivity index (χ0v) is 12.5. The minimum Gasteiger partial charge on any atom is -0.493 e. The van der Waals surface area contributed by atoms with Crippen LogP contribution in [0, 0.1) is 0 Å². The third-order valence-electron chi connectivity index (χ3n) is 2.77. The number of hydrogen-bond donors (Lipinski definition) is 1. The Morgan fingerprint density at radius 2 is 2.35 bits per heavy atom. The summed E-state index contributed by atoms with van der Waals surface area (Å²) >= 11 is 5.53. The Morgan fingerprint density at radius 3 is 3.18 bits per heavy atom. The van der Waals surface area contributed by atoms with Gasteiger partial charge < -0.3 is 10.1 Å². The second-order valence-corrected chi connectivity index (χ2v) is 6.33. The molecule has 0 fully saturated rings. The van der Waals surface area contributed by atoms with Gasteiger partial charge in [-0.15, -0.1) is 0 Å². The second kappa shape index (κ2) is 6.66. The quantitative estimate of drug-likeness (QED) is 0.814. The van der Waals surface area contributed by atoms with Gasteiger partial charge in [0.05, 0.1) is 6.61 Å². The molecule has 1 aromatic carbocycles. The molecule has 94 valence electrons. The maximum atomic E-state index is 5.70. The molecule has 0 spiro atoms. The van der Waals surface area contributed by atoms with Gasteiger partial charge in [0.2, 0.25) is 0 Å². The lowest BCUT2D eigenvalue weighted by Crippen LogP contribution is -2.17. The van der Waals surface area contributed by atoms with E-state index in [0.717, 1.165) is 36.3 Å². The molecule has 0 radical (unpaired) electrons. The molecule has 2 nitrogen and oxygen atoms in total.